The van der Waals surface area contributed by atoms with Crippen LogP contribution < -0.4 is 9.80 Å². The van der Waals surface area contributed by atoms with E-state index in [9.17, 15) is 0 Å². The van der Waals surface area contributed by atoms with Crippen molar-refractivity contribution in [3.8, 4) is 11.1 Å². The molecule has 42 heavy (non-hydrogen) atoms. The summed E-state index contributed by atoms with van der Waals surface area (Å²) in [4.78, 5) is 4.67. The summed E-state index contributed by atoms with van der Waals surface area (Å²) in [6, 6.07) is 54.6. The van der Waals surface area contributed by atoms with E-state index in [1.54, 1.807) is 0 Å². The van der Waals surface area contributed by atoms with E-state index in [0.717, 1.165) is 34.1 Å². The highest BCUT2D eigenvalue weighted by molar-refractivity contribution is 5.86. The highest BCUT2D eigenvalue weighted by Gasteiger charge is 2.35. The van der Waals surface area contributed by atoms with Gasteiger partial charge in [0.15, 0.2) is 0 Å². The van der Waals surface area contributed by atoms with Crippen molar-refractivity contribution in [3.05, 3.63) is 168 Å². The van der Waals surface area contributed by atoms with Crippen molar-refractivity contribution in [1.29, 1.82) is 0 Å². The zero-order valence-corrected chi connectivity index (χ0v) is 24.3. The van der Waals surface area contributed by atoms with Crippen LogP contribution in [0, 0.1) is 6.92 Å². The van der Waals surface area contributed by atoms with Gasteiger partial charge < -0.3 is 9.80 Å². The van der Waals surface area contributed by atoms with Crippen molar-refractivity contribution in [1.82, 2.24) is 0 Å². The number of anilines is 6. The van der Waals surface area contributed by atoms with Crippen LogP contribution in [0.5, 0.6) is 0 Å². The molecule has 0 saturated carbocycles. The summed E-state index contributed by atoms with van der Waals surface area (Å²) in [5.41, 5.74) is 13.4. The zero-order valence-electron chi connectivity index (χ0n) is 24.3. The minimum absolute atomic E-state index is 0.0589. The van der Waals surface area contributed by atoms with Crippen LogP contribution in [0.25, 0.3) is 11.1 Å². The molecule has 0 heterocycles. The number of benzene rings is 6. The summed E-state index contributed by atoms with van der Waals surface area (Å²) in [5.74, 6) is 0. The molecule has 0 N–H and O–H groups in total. The molecule has 0 atom stereocenters. The quantitative estimate of drug-likeness (QED) is 0.206. The normalized spacial score (nSPS) is 12.8. The first-order valence-corrected chi connectivity index (χ1v) is 14.6. The summed E-state index contributed by atoms with van der Waals surface area (Å²) >= 11 is 0. The zero-order chi connectivity index (χ0) is 28.7. The summed E-state index contributed by atoms with van der Waals surface area (Å²) in [6.07, 6.45) is 0. The number of nitrogens with zero attached hydrogens (tertiary/aromatic N) is 2. The number of rotatable bonds is 6. The van der Waals surface area contributed by atoms with Crippen LogP contribution in [-0.4, -0.2) is 0 Å². The summed E-state index contributed by atoms with van der Waals surface area (Å²) in [6.45, 7) is 6.82. The van der Waals surface area contributed by atoms with Crippen LogP contribution >= 0.6 is 0 Å². The van der Waals surface area contributed by atoms with Gasteiger partial charge in [-0.15, -0.1) is 0 Å². The second-order valence-electron chi connectivity index (χ2n) is 11.6. The molecule has 0 fully saturated rings. The third-order valence-corrected chi connectivity index (χ3v) is 8.51. The molecule has 7 rings (SSSR count). The molecular weight excluding hydrogens is 508 g/mol. The molecule has 0 amide bonds. The predicted octanol–water partition coefficient (Wildman–Crippen LogP) is 11.2. The molecule has 2 heteroatoms. The maximum Gasteiger partial charge on any atom is 0.0465 e. The van der Waals surface area contributed by atoms with E-state index in [1.165, 1.54) is 27.8 Å². The Hall–Kier alpha value is -5.08. The van der Waals surface area contributed by atoms with Crippen LogP contribution in [0.3, 0.4) is 0 Å². The lowest BCUT2D eigenvalue weighted by Gasteiger charge is -2.29. The van der Waals surface area contributed by atoms with E-state index in [4.69, 9.17) is 0 Å². The standard InChI is InChI=1S/C40H34N2/c1-29-18-20-32(21-19-29)42(35-26-27-37-36-16-10-11-17-38(36)40(2,3)39(37)28-35)34-24-22-33(23-25-34)41(30-12-6-4-7-13-30)31-14-8-5-9-15-31/h4-28H,1-3H3. The van der Waals surface area contributed by atoms with Crippen LogP contribution in [0.4, 0.5) is 34.1 Å². The van der Waals surface area contributed by atoms with Gasteiger partial charge in [0.1, 0.15) is 0 Å². The molecule has 6 aromatic rings. The molecule has 0 unspecified atom stereocenters. The number of hydrogen-bond donors (Lipinski definition) is 0. The Labute approximate surface area is 249 Å². The molecule has 1 aliphatic carbocycles. The molecule has 6 aromatic carbocycles. The van der Waals surface area contributed by atoms with Gasteiger partial charge in [-0.25, -0.2) is 0 Å². The van der Waals surface area contributed by atoms with Gasteiger partial charge in [0.2, 0.25) is 0 Å². The third kappa shape index (κ3) is 4.46. The Kier molecular flexibility index (Phi) is 6.40. The summed E-state index contributed by atoms with van der Waals surface area (Å²) < 4.78 is 0. The van der Waals surface area contributed by atoms with Gasteiger partial charge in [0.25, 0.3) is 0 Å². The molecule has 1 aliphatic rings. The van der Waals surface area contributed by atoms with Crippen molar-refractivity contribution in [2.24, 2.45) is 0 Å². The van der Waals surface area contributed by atoms with Gasteiger partial charge in [-0.1, -0.05) is 98.3 Å². The average molecular weight is 543 g/mol. The van der Waals surface area contributed by atoms with Crippen molar-refractivity contribution in [2.75, 3.05) is 9.80 Å². The average Bonchev–Trinajstić information content (AvgIpc) is 3.26. The Bertz CT molecular complexity index is 1800. The minimum Gasteiger partial charge on any atom is -0.311 e. The maximum absolute atomic E-state index is 2.39. The van der Waals surface area contributed by atoms with E-state index >= 15 is 0 Å². The minimum atomic E-state index is -0.0589. The van der Waals surface area contributed by atoms with Gasteiger partial charge in [0, 0.05) is 39.5 Å². The fourth-order valence-corrected chi connectivity index (χ4v) is 6.32. The lowest BCUT2D eigenvalue weighted by Crippen LogP contribution is -2.16. The van der Waals surface area contributed by atoms with E-state index in [1.807, 2.05) is 0 Å². The first kappa shape index (κ1) is 25.9. The maximum atomic E-state index is 2.39. The van der Waals surface area contributed by atoms with E-state index in [-0.39, 0.29) is 5.41 Å². The first-order valence-electron chi connectivity index (χ1n) is 14.6. The third-order valence-electron chi connectivity index (χ3n) is 8.51. The van der Waals surface area contributed by atoms with Gasteiger partial charge in [-0.3, -0.25) is 0 Å². The molecule has 0 bridgehead atoms. The largest absolute Gasteiger partial charge is 0.311 e. The molecule has 0 radical (unpaired) electrons. The highest BCUT2D eigenvalue weighted by atomic mass is 15.2. The van der Waals surface area contributed by atoms with Crippen molar-refractivity contribution < 1.29 is 0 Å². The van der Waals surface area contributed by atoms with Gasteiger partial charge in [0.05, 0.1) is 0 Å². The Morgan fingerprint density at radius 2 is 0.786 bits per heavy atom. The molecule has 0 spiro atoms. The SMILES string of the molecule is Cc1ccc(N(c2ccc(N(c3ccccc3)c3ccccc3)cc2)c2ccc3c(c2)C(C)(C)c2ccccc2-3)cc1. The molecule has 0 aromatic heterocycles. The van der Waals surface area contributed by atoms with Gasteiger partial charge in [-0.2, -0.15) is 0 Å². The smallest absolute Gasteiger partial charge is 0.0465 e. The van der Waals surface area contributed by atoms with Crippen molar-refractivity contribution in [3.63, 3.8) is 0 Å². The Morgan fingerprint density at radius 3 is 1.36 bits per heavy atom. The lowest BCUT2D eigenvalue weighted by atomic mass is 9.82. The topological polar surface area (TPSA) is 6.48 Å². The second-order valence-corrected chi connectivity index (χ2v) is 11.6. The summed E-state index contributed by atoms with van der Waals surface area (Å²) in [5, 5.41) is 0. The van der Waals surface area contributed by atoms with Crippen LogP contribution in [0.15, 0.2) is 152 Å². The fraction of sp³-hybridized carbons (Fsp3) is 0.100. The lowest BCUT2D eigenvalue weighted by molar-refractivity contribution is 0.660. The number of aryl methyl sites for hydroxylation is 1. The second kappa shape index (κ2) is 10.4. The first-order chi connectivity index (χ1) is 20.5. The molecule has 2 nitrogen and oxygen atoms in total. The number of hydrogen-bond acceptors (Lipinski definition) is 2. The fourth-order valence-electron chi connectivity index (χ4n) is 6.32. The van der Waals surface area contributed by atoms with Gasteiger partial charge >= 0.3 is 0 Å². The number of fused-ring (bicyclic) bond motifs is 3. The van der Waals surface area contributed by atoms with Gasteiger partial charge in [-0.05, 0) is 102 Å². The summed E-state index contributed by atoms with van der Waals surface area (Å²) in [7, 11) is 0. The molecular formula is C40H34N2. The van der Waals surface area contributed by atoms with E-state index in [0.29, 0.717) is 0 Å². The van der Waals surface area contributed by atoms with Crippen LogP contribution in [0.1, 0.15) is 30.5 Å². The van der Waals surface area contributed by atoms with Crippen molar-refractivity contribution in [2.45, 2.75) is 26.2 Å². The molecule has 0 saturated heterocycles. The van der Waals surface area contributed by atoms with Crippen molar-refractivity contribution >= 4 is 34.1 Å². The highest BCUT2D eigenvalue weighted by Crippen LogP contribution is 2.50. The monoisotopic (exact) mass is 542 g/mol. The van der Waals surface area contributed by atoms with E-state index in [2.05, 4.69) is 182 Å². The van der Waals surface area contributed by atoms with Crippen LogP contribution in [-0.2, 0) is 5.41 Å². The Balaban J connectivity index is 1.33. The molecule has 0 aliphatic heterocycles. The number of para-hydroxylation sites is 2. The van der Waals surface area contributed by atoms with E-state index < -0.39 is 0 Å². The predicted molar refractivity (Wildman–Crippen MR) is 178 cm³/mol. The molecule has 204 valence electrons. The van der Waals surface area contributed by atoms with Crippen LogP contribution in [0.2, 0.25) is 0 Å². The Morgan fingerprint density at radius 1 is 0.381 bits per heavy atom.